The van der Waals surface area contributed by atoms with Crippen molar-refractivity contribution in [3.8, 4) is 17.1 Å². The molecular weight excluding hydrogens is 618 g/mol. The Bertz CT molecular complexity index is 1850. The number of aromatic nitrogens is 2. The Morgan fingerprint density at radius 3 is 2.45 bits per heavy atom. The molecule has 2 N–H and O–H groups in total. The van der Waals surface area contributed by atoms with E-state index in [1.165, 1.54) is 0 Å². The second-order valence-electron chi connectivity index (χ2n) is 15.0. The Balaban J connectivity index is 1.55. The van der Waals surface area contributed by atoms with Crippen LogP contribution in [0.5, 0.6) is 5.75 Å². The standard InChI is InChI=1S/C35H45N3O8Si/c1-10-35(45-27(40)12-11-15-36-32(43)46-33(2,3)4)24-17-26-28-22(18-38(26)30(41)23(24)19-44-31(35)42)29(47(8,9)34(5,6)7)21-16-20(39)13-14-25(21)37-28/h13-14,16-17,39H,10-12,15,18-19H2,1-9H3,(H,36,43). The highest BCUT2D eigenvalue weighted by molar-refractivity contribution is 6.94. The number of nitrogens with one attached hydrogen (secondary N) is 1. The van der Waals surface area contributed by atoms with Crippen molar-refractivity contribution in [3.63, 3.8) is 0 Å². The summed E-state index contributed by atoms with van der Waals surface area (Å²) in [5.74, 6) is -1.25. The molecule has 2 aliphatic rings. The zero-order valence-electron chi connectivity index (χ0n) is 28.8. The summed E-state index contributed by atoms with van der Waals surface area (Å²) in [7, 11) is -2.27. The van der Waals surface area contributed by atoms with E-state index in [0.29, 0.717) is 22.5 Å². The van der Waals surface area contributed by atoms with Gasteiger partial charge in [-0.1, -0.05) is 40.8 Å². The van der Waals surface area contributed by atoms with Gasteiger partial charge in [-0.15, -0.1) is 0 Å². The fourth-order valence-corrected chi connectivity index (χ4v) is 8.87. The number of amides is 1. The minimum absolute atomic E-state index is 0.0517. The van der Waals surface area contributed by atoms with Crippen LogP contribution in [0.1, 0.15) is 84.4 Å². The lowest BCUT2D eigenvalue weighted by Crippen LogP contribution is -2.51. The van der Waals surface area contributed by atoms with Gasteiger partial charge < -0.3 is 29.2 Å². The largest absolute Gasteiger partial charge is 0.508 e. The van der Waals surface area contributed by atoms with Gasteiger partial charge in [-0.2, -0.15) is 0 Å². The van der Waals surface area contributed by atoms with E-state index < -0.39 is 37.3 Å². The first-order valence-corrected chi connectivity index (χ1v) is 19.1. The number of phenols is 1. The minimum atomic E-state index is -2.27. The van der Waals surface area contributed by atoms with Gasteiger partial charge in [0.1, 0.15) is 18.0 Å². The molecule has 3 aromatic rings. The number of pyridine rings is 2. The molecule has 252 valence electrons. The molecule has 11 nitrogen and oxygen atoms in total. The first-order chi connectivity index (χ1) is 21.8. The molecule has 2 aromatic heterocycles. The van der Waals surface area contributed by atoms with Gasteiger partial charge in [0.15, 0.2) is 0 Å². The van der Waals surface area contributed by atoms with E-state index in [1.54, 1.807) is 56.5 Å². The third-order valence-corrected chi connectivity index (χ3v) is 15.2. The lowest BCUT2D eigenvalue weighted by Gasteiger charge is -2.39. The number of rotatable bonds is 7. The maximum atomic E-state index is 14.2. The number of carbonyl (C=O) groups is 3. The van der Waals surface area contributed by atoms with Crippen LogP contribution in [0.4, 0.5) is 4.79 Å². The van der Waals surface area contributed by atoms with Crippen LogP contribution < -0.4 is 16.1 Å². The summed E-state index contributed by atoms with van der Waals surface area (Å²) in [5, 5.41) is 15.0. The number of phenolic OH excluding ortho intramolecular Hbond substituents is 1. The summed E-state index contributed by atoms with van der Waals surface area (Å²) >= 11 is 0. The quantitative estimate of drug-likeness (QED) is 0.116. The Kier molecular flexibility index (Phi) is 8.57. The number of esters is 2. The van der Waals surface area contributed by atoms with Crippen LogP contribution in [0.25, 0.3) is 22.3 Å². The third-order valence-electron chi connectivity index (χ3n) is 9.65. The molecule has 0 aliphatic carbocycles. The van der Waals surface area contributed by atoms with E-state index in [-0.39, 0.29) is 60.9 Å². The molecular formula is C35H45N3O8Si. The molecule has 1 amide bonds. The number of alkyl carbamates (subject to hydrolysis) is 1. The van der Waals surface area contributed by atoms with Crippen molar-refractivity contribution in [2.24, 2.45) is 0 Å². The molecule has 0 saturated carbocycles. The van der Waals surface area contributed by atoms with Crippen LogP contribution in [0.15, 0.2) is 29.1 Å². The number of fused-ring (bicyclic) bond motifs is 5. The lowest BCUT2D eigenvalue weighted by molar-refractivity contribution is -0.189. The number of hydrogen-bond acceptors (Lipinski definition) is 9. The SMILES string of the molecule is CCC1(OC(=O)CCCNC(=O)OC(C)(C)C)C(=O)OCc2c1cc1n(c2=O)Cc2c-1nc1ccc(O)cc1c2[Si](C)(C)C(C)(C)C. The minimum Gasteiger partial charge on any atom is -0.508 e. The van der Waals surface area contributed by atoms with Crippen LogP contribution in [0.3, 0.4) is 0 Å². The predicted octanol–water partition coefficient (Wildman–Crippen LogP) is 5.36. The van der Waals surface area contributed by atoms with Crippen molar-refractivity contribution in [3.05, 3.63) is 51.3 Å². The summed E-state index contributed by atoms with van der Waals surface area (Å²) < 4.78 is 18.3. The van der Waals surface area contributed by atoms with Gasteiger partial charge >= 0.3 is 18.0 Å². The Labute approximate surface area is 275 Å². The monoisotopic (exact) mass is 663 g/mol. The van der Waals surface area contributed by atoms with Crippen molar-refractivity contribution in [1.29, 1.82) is 0 Å². The number of ether oxygens (including phenoxy) is 3. The van der Waals surface area contributed by atoms with E-state index in [4.69, 9.17) is 19.2 Å². The number of hydrogen-bond donors (Lipinski definition) is 2. The van der Waals surface area contributed by atoms with Crippen LogP contribution in [-0.4, -0.2) is 52.9 Å². The topological polar surface area (TPSA) is 146 Å². The molecule has 4 heterocycles. The summed E-state index contributed by atoms with van der Waals surface area (Å²) in [5.41, 5.74) is 0.599. The highest BCUT2D eigenvalue weighted by Gasteiger charge is 2.51. The fraction of sp³-hybridized carbons (Fsp3) is 0.514. The Morgan fingerprint density at radius 2 is 1.81 bits per heavy atom. The van der Waals surface area contributed by atoms with Crippen molar-refractivity contribution < 1.29 is 33.7 Å². The van der Waals surface area contributed by atoms with Gasteiger partial charge in [-0.25, -0.2) is 14.6 Å². The molecule has 47 heavy (non-hydrogen) atoms. The Morgan fingerprint density at radius 1 is 1.11 bits per heavy atom. The van der Waals surface area contributed by atoms with Crippen LogP contribution >= 0.6 is 0 Å². The van der Waals surface area contributed by atoms with E-state index in [9.17, 15) is 24.3 Å². The highest BCUT2D eigenvalue weighted by atomic mass is 28.3. The summed E-state index contributed by atoms with van der Waals surface area (Å²) in [4.78, 5) is 57.7. The van der Waals surface area contributed by atoms with Crippen molar-refractivity contribution in [2.45, 2.75) is 110 Å². The maximum absolute atomic E-state index is 14.2. The third kappa shape index (κ3) is 6.03. The van der Waals surface area contributed by atoms with E-state index in [2.05, 4.69) is 39.2 Å². The number of carbonyl (C=O) groups excluding carboxylic acids is 3. The first kappa shape index (κ1) is 34.1. The summed E-state index contributed by atoms with van der Waals surface area (Å²) in [6.07, 6.45) is -0.368. The van der Waals surface area contributed by atoms with E-state index in [0.717, 1.165) is 16.1 Å². The highest BCUT2D eigenvalue weighted by Crippen LogP contribution is 2.44. The average molecular weight is 664 g/mol. The lowest BCUT2D eigenvalue weighted by atomic mass is 9.85. The first-order valence-electron chi connectivity index (χ1n) is 16.1. The normalized spacial score (nSPS) is 17.4. The van der Waals surface area contributed by atoms with Crippen LogP contribution in [0, 0.1) is 0 Å². The zero-order chi connectivity index (χ0) is 34.7. The molecule has 1 aromatic carbocycles. The summed E-state index contributed by atoms with van der Waals surface area (Å²) in [6.45, 7) is 18.4. The molecule has 1 unspecified atom stereocenters. The van der Waals surface area contributed by atoms with E-state index >= 15 is 0 Å². The average Bonchev–Trinajstić information content (AvgIpc) is 3.32. The van der Waals surface area contributed by atoms with Crippen LogP contribution in [0.2, 0.25) is 18.1 Å². The molecule has 0 bridgehead atoms. The van der Waals surface area contributed by atoms with Gasteiger partial charge in [0.25, 0.3) is 5.56 Å². The molecule has 1 atom stereocenters. The molecule has 0 spiro atoms. The van der Waals surface area contributed by atoms with Gasteiger partial charge in [-0.3, -0.25) is 9.59 Å². The van der Waals surface area contributed by atoms with E-state index in [1.807, 2.05) is 0 Å². The summed E-state index contributed by atoms with van der Waals surface area (Å²) in [6, 6.07) is 6.91. The molecule has 12 heteroatoms. The molecule has 5 rings (SSSR count). The van der Waals surface area contributed by atoms with Crippen molar-refractivity contribution in [2.75, 3.05) is 6.54 Å². The second kappa shape index (κ2) is 11.8. The number of aromatic hydroxyl groups is 1. The molecule has 2 aliphatic heterocycles. The fourth-order valence-electron chi connectivity index (χ4n) is 6.30. The van der Waals surface area contributed by atoms with Gasteiger partial charge in [0.05, 0.1) is 37.1 Å². The maximum Gasteiger partial charge on any atom is 0.407 e. The second-order valence-corrected chi connectivity index (χ2v) is 20.2. The zero-order valence-corrected chi connectivity index (χ0v) is 29.8. The number of cyclic esters (lactones) is 1. The smallest absolute Gasteiger partial charge is 0.407 e. The Hall–Kier alpha value is -4.19. The number of nitrogens with zero attached hydrogens (tertiary/aromatic N) is 2. The van der Waals surface area contributed by atoms with Crippen molar-refractivity contribution in [1.82, 2.24) is 14.9 Å². The van der Waals surface area contributed by atoms with Crippen molar-refractivity contribution >= 4 is 42.2 Å². The molecule has 0 fully saturated rings. The van der Waals surface area contributed by atoms with Crippen LogP contribution in [-0.2, 0) is 42.6 Å². The molecule has 0 radical (unpaired) electrons. The number of benzene rings is 1. The molecule has 0 saturated heterocycles. The predicted molar refractivity (Wildman–Crippen MR) is 180 cm³/mol. The van der Waals surface area contributed by atoms with Gasteiger partial charge in [0.2, 0.25) is 5.60 Å². The van der Waals surface area contributed by atoms with Gasteiger partial charge in [0, 0.05) is 23.9 Å². The van der Waals surface area contributed by atoms with Gasteiger partial charge in [-0.05, 0) is 73.7 Å².